The number of benzene rings is 1. The third-order valence-corrected chi connectivity index (χ3v) is 3.92. The van der Waals surface area contributed by atoms with Crippen LogP contribution in [0.25, 0.3) is 0 Å². The maximum absolute atomic E-state index is 12.8. The predicted molar refractivity (Wildman–Crippen MR) is 63.4 cm³/mol. The van der Waals surface area contributed by atoms with E-state index in [4.69, 9.17) is 0 Å². The van der Waals surface area contributed by atoms with Gasteiger partial charge in [-0.05, 0) is 42.5 Å². The van der Waals surface area contributed by atoms with Crippen LogP contribution in [0.2, 0.25) is 0 Å². The lowest BCUT2D eigenvalue weighted by molar-refractivity contribution is -0.00997. The first-order valence-corrected chi connectivity index (χ1v) is 7.24. The van der Waals surface area contributed by atoms with Crippen molar-refractivity contribution in [2.75, 3.05) is 6.61 Å². The first-order chi connectivity index (χ1) is 9.21. The van der Waals surface area contributed by atoms with Gasteiger partial charge in [0.05, 0.1) is 5.56 Å². The molecule has 1 aliphatic carbocycles. The Morgan fingerprint density at radius 1 is 1.30 bits per heavy atom. The fourth-order valence-electron chi connectivity index (χ4n) is 2.00. The Bertz CT molecular complexity index is 639. The molecule has 1 aromatic rings. The molecular weight excluding hydrogens is 294 g/mol. The van der Waals surface area contributed by atoms with E-state index < -0.39 is 27.9 Å². The third kappa shape index (κ3) is 2.96. The number of hydrogen-bond donors (Lipinski definition) is 0. The van der Waals surface area contributed by atoms with Crippen LogP contribution in [-0.4, -0.2) is 30.8 Å². The fourth-order valence-corrected chi connectivity index (χ4v) is 2.21. The largest absolute Gasteiger partial charge is 0.743 e. The molecule has 0 N–H and O–H groups in total. The van der Waals surface area contributed by atoms with Crippen LogP contribution in [0.15, 0.2) is 18.2 Å². The smallest absolute Gasteiger partial charge is 0.367 e. The summed E-state index contributed by atoms with van der Waals surface area (Å²) in [6, 6.07) is 4.67. The van der Waals surface area contributed by atoms with Gasteiger partial charge >= 0.3 is 11.2 Å². The average molecular weight is 305 g/mol. The van der Waals surface area contributed by atoms with Crippen molar-refractivity contribution in [3.63, 3.8) is 0 Å². The van der Waals surface area contributed by atoms with Crippen LogP contribution in [-0.2, 0) is 27.7 Å². The molecule has 0 radical (unpaired) electrons. The summed E-state index contributed by atoms with van der Waals surface area (Å²) in [5, 5.41) is -4.63. The highest BCUT2D eigenvalue weighted by Gasteiger charge is 2.39. The van der Waals surface area contributed by atoms with Gasteiger partial charge in [0, 0.05) is 0 Å². The van der Waals surface area contributed by atoms with Crippen molar-refractivity contribution >= 4 is 16.1 Å². The number of hydrogen-bond acceptors (Lipinski definition) is 5. The van der Waals surface area contributed by atoms with Crippen molar-refractivity contribution in [1.29, 1.82) is 0 Å². The Morgan fingerprint density at radius 3 is 2.60 bits per heavy atom. The maximum Gasteiger partial charge on any atom is 0.367 e. The minimum Gasteiger partial charge on any atom is -0.743 e. The van der Waals surface area contributed by atoms with Gasteiger partial charge in [0.25, 0.3) is 0 Å². The Morgan fingerprint density at radius 2 is 1.95 bits per heavy atom. The molecule has 0 aliphatic heterocycles. The van der Waals surface area contributed by atoms with Gasteiger partial charge in [-0.2, -0.15) is 8.78 Å². The van der Waals surface area contributed by atoms with E-state index in [-0.39, 0.29) is 5.56 Å². The number of carbonyl (C=O) groups excluding carboxylic acids is 1. The molecule has 2 rings (SSSR count). The number of carbonyl (C=O) groups is 1. The Hall–Kier alpha value is -1.54. The molecule has 0 saturated heterocycles. The molecule has 20 heavy (non-hydrogen) atoms. The minimum atomic E-state index is -5.85. The van der Waals surface area contributed by atoms with Crippen molar-refractivity contribution in [2.45, 2.75) is 24.5 Å². The van der Waals surface area contributed by atoms with Gasteiger partial charge in [0.1, 0.15) is 0 Å². The zero-order valence-corrected chi connectivity index (χ0v) is 11.1. The zero-order chi connectivity index (χ0) is 15.0. The normalized spacial score (nSPS) is 14.9. The standard InChI is InChI=1S/C12H12F2O5S/c13-12(14,20(16,17)18)7-19-11(15)10-5-4-8-2-1-3-9(8)6-10/h4-6H,1-3,7H2,(H,16,17,18)/p-1. The van der Waals surface area contributed by atoms with Gasteiger partial charge in [0.2, 0.25) is 0 Å². The van der Waals surface area contributed by atoms with Gasteiger partial charge in [-0.15, -0.1) is 0 Å². The molecule has 8 heteroatoms. The monoisotopic (exact) mass is 305 g/mol. The summed E-state index contributed by atoms with van der Waals surface area (Å²) in [6.45, 7) is -1.78. The van der Waals surface area contributed by atoms with E-state index in [0.29, 0.717) is 0 Å². The number of alkyl halides is 2. The Labute approximate surface area is 114 Å². The molecule has 0 unspecified atom stereocenters. The number of rotatable bonds is 4. The van der Waals surface area contributed by atoms with E-state index in [9.17, 15) is 26.5 Å². The molecule has 0 atom stereocenters. The van der Waals surface area contributed by atoms with Gasteiger partial charge in [-0.3, -0.25) is 0 Å². The number of esters is 1. The van der Waals surface area contributed by atoms with Crippen LogP contribution in [0, 0.1) is 0 Å². The average Bonchev–Trinajstić information content (AvgIpc) is 2.81. The SMILES string of the molecule is O=C(OCC(F)(F)S(=O)(=O)[O-])c1ccc2c(c1)CCC2. The second-order valence-corrected chi connectivity index (χ2v) is 6.01. The molecule has 1 aromatic carbocycles. The number of aryl methyl sites for hydroxylation is 2. The van der Waals surface area contributed by atoms with Gasteiger partial charge in [-0.25, -0.2) is 13.2 Å². The molecule has 0 amide bonds. The quantitative estimate of drug-likeness (QED) is 0.621. The molecule has 0 heterocycles. The number of ether oxygens (including phenoxy) is 1. The van der Waals surface area contributed by atoms with Crippen molar-refractivity contribution in [3.8, 4) is 0 Å². The fraction of sp³-hybridized carbons (Fsp3) is 0.417. The molecule has 110 valence electrons. The lowest BCUT2D eigenvalue weighted by Gasteiger charge is -2.19. The summed E-state index contributed by atoms with van der Waals surface area (Å²) in [7, 11) is -5.85. The van der Waals surface area contributed by atoms with Crippen LogP contribution in [0.5, 0.6) is 0 Å². The first-order valence-electron chi connectivity index (χ1n) is 5.83. The summed E-state index contributed by atoms with van der Waals surface area (Å²) >= 11 is 0. The van der Waals surface area contributed by atoms with E-state index in [1.165, 1.54) is 12.1 Å². The van der Waals surface area contributed by atoms with E-state index in [2.05, 4.69) is 4.74 Å². The number of fused-ring (bicyclic) bond motifs is 1. The molecular formula is C12H11F2O5S-. The maximum atomic E-state index is 12.8. The second-order valence-electron chi connectivity index (χ2n) is 4.50. The van der Waals surface area contributed by atoms with E-state index in [0.717, 1.165) is 30.4 Å². The van der Waals surface area contributed by atoms with Crippen LogP contribution in [0.1, 0.15) is 27.9 Å². The Kier molecular flexibility index (Phi) is 3.79. The molecule has 0 aromatic heterocycles. The summed E-state index contributed by atoms with van der Waals surface area (Å²) in [6.07, 6.45) is 2.65. The van der Waals surface area contributed by atoms with Gasteiger partial charge in [0.15, 0.2) is 16.7 Å². The molecule has 0 fully saturated rings. The van der Waals surface area contributed by atoms with Crippen molar-refractivity contribution in [2.24, 2.45) is 0 Å². The van der Waals surface area contributed by atoms with Crippen LogP contribution in [0.4, 0.5) is 8.78 Å². The molecule has 0 spiro atoms. The van der Waals surface area contributed by atoms with Gasteiger partial charge < -0.3 is 9.29 Å². The molecule has 0 saturated carbocycles. The summed E-state index contributed by atoms with van der Waals surface area (Å²) in [4.78, 5) is 11.6. The zero-order valence-electron chi connectivity index (χ0n) is 10.3. The lowest BCUT2D eigenvalue weighted by Crippen LogP contribution is -2.34. The summed E-state index contributed by atoms with van der Waals surface area (Å²) in [5.74, 6) is -1.08. The highest BCUT2D eigenvalue weighted by molar-refractivity contribution is 7.86. The van der Waals surface area contributed by atoms with Gasteiger partial charge in [-0.1, -0.05) is 6.07 Å². The Balaban J connectivity index is 2.06. The van der Waals surface area contributed by atoms with Crippen LogP contribution in [0.3, 0.4) is 0 Å². The number of halogens is 2. The van der Waals surface area contributed by atoms with Crippen LogP contribution < -0.4 is 0 Å². The topological polar surface area (TPSA) is 83.5 Å². The minimum absolute atomic E-state index is 0.0600. The van der Waals surface area contributed by atoms with Crippen LogP contribution >= 0.6 is 0 Å². The van der Waals surface area contributed by atoms with E-state index in [1.807, 2.05) is 0 Å². The first kappa shape index (κ1) is 14.9. The lowest BCUT2D eigenvalue weighted by atomic mass is 10.1. The summed E-state index contributed by atoms with van der Waals surface area (Å²) in [5.41, 5.74) is 2.10. The van der Waals surface area contributed by atoms with Crippen molar-refractivity contribution in [1.82, 2.24) is 0 Å². The molecule has 5 nitrogen and oxygen atoms in total. The summed E-state index contributed by atoms with van der Waals surface area (Å²) < 4.78 is 60.7. The molecule has 0 bridgehead atoms. The molecule has 1 aliphatic rings. The highest BCUT2D eigenvalue weighted by atomic mass is 32.2. The second kappa shape index (κ2) is 5.10. The van der Waals surface area contributed by atoms with E-state index >= 15 is 0 Å². The third-order valence-electron chi connectivity index (χ3n) is 3.07. The van der Waals surface area contributed by atoms with E-state index in [1.54, 1.807) is 6.07 Å². The predicted octanol–water partition coefficient (Wildman–Crippen LogP) is 1.47. The highest BCUT2D eigenvalue weighted by Crippen LogP contribution is 2.24. The van der Waals surface area contributed by atoms with Crippen molar-refractivity contribution < 1.29 is 31.3 Å². The van der Waals surface area contributed by atoms with Crippen molar-refractivity contribution in [3.05, 3.63) is 34.9 Å².